The Labute approximate surface area is 175 Å². The molecule has 0 unspecified atom stereocenters. The van der Waals surface area contributed by atoms with Gasteiger partial charge in [0.1, 0.15) is 30.0 Å². The van der Waals surface area contributed by atoms with E-state index in [0.29, 0.717) is 17.9 Å². The van der Waals surface area contributed by atoms with Crippen molar-refractivity contribution in [3.05, 3.63) is 83.7 Å². The highest BCUT2D eigenvalue weighted by Crippen LogP contribution is 2.32. The van der Waals surface area contributed by atoms with Gasteiger partial charge in [-0.1, -0.05) is 24.3 Å². The molecule has 1 aliphatic heterocycles. The van der Waals surface area contributed by atoms with Crippen LogP contribution in [0, 0.1) is 12.7 Å². The van der Waals surface area contributed by atoms with E-state index in [1.54, 1.807) is 30.3 Å². The molecule has 0 spiro atoms. The number of fused-ring (bicyclic) bond motifs is 1. The van der Waals surface area contributed by atoms with E-state index in [1.165, 1.54) is 12.1 Å². The number of carbonyl (C=O) groups is 1. The van der Waals surface area contributed by atoms with Gasteiger partial charge in [0.2, 0.25) is 0 Å². The molecule has 1 heterocycles. The summed E-state index contributed by atoms with van der Waals surface area (Å²) in [6.07, 6.45) is -0.103. The summed E-state index contributed by atoms with van der Waals surface area (Å²) in [5.74, 6) is 0.664. The minimum atomic E-state index is -0.470. The normalized spacial score (nSPS) is 15.2. The number of carbonyl (C=O) groups excluding carboxylic acids is 1. The first-order valence-electron chi connectivity index (χ1n) is 9.77. The standard InChI is InChI=1S/C24H23FN2O3/c1-16-13-17(11-12-19(16)24(28)26-21-8-4-3-7-20(21)25)29-15-18-14-27(2)22-9-5-6-10-23(22)30-18/h3-13,18H,14-15H2,1-2H3,(H,26,28)/t18-/m0/s1. The molecule has 1 amide bonds. The van der Waals surface area contributed by atoms with Crippen LogP contribution < -0.4 is 19.7 Å². The molecule has 0 saturated heterocycles. The second-order valence-corrected chi connectivity index (χ2v) is 7.31. The van der Waals surface area contributed by atoms with Crippen molar-refractivity contribution in [2.24, 2.45) is 0 Å². The Bertz CT molecular complexity index is 1070. The number of likely N-dealkylation sites (N-methyl/N-ethyl adjacent to an activating group) is 1. The predicted octanol–water partition coefficient (Wildman–Crippen LogP) is 4.66. The molecule has 5 nitrogen and oxygen atoms in total. The highest BCUT2D eigenvalue weighted by atomic mass is 19.1. The van der Waals surface area contributed by atoms with Crippen LogP contribution in [0.1, 0.15) is 15.9 Å². The second kappa shape index (κ2) is 8.45. The van der Waals surface area contributed by atoms with Crippen molar-refractivity contribution in [3.63, 3.8) is 0 Å². The number of hydrogen-bond acceptors (Lipinski definition) is 4. The van der Waals surface area contributed by atoms with Gasteiger partial charge in [0.15, 0.2) is 0 Å². The summed E-state index contributed by atoms with van der Waals surface area (Å²) in [6, 6.07) is 19.2. The number of anilines is 2. The van der Waals surface area contributed by atoms with Crippen molar-refractivity contribution < 1.29 is 18.7 Å². The van der Waals surface area contributed by atoms with Gasteiger partial charge in [-0.05, 0) is 55.0 Å². The Morgan fingerprint density at radius 2 is 1.93 bits per heavy atom. The third-order valence-corrected chi connectivity index (χ3v) is 5.05. The number of hydrogen-bond donors (Lipinski definition) is 1. The Morgan fingerprint density at radius 1 is 1.17 bits per heavy atom. The summed E-state index contributed by atoms with van der Waals surface area (Å²) in [6.45, 7) is 2.93. The molecule has 30 heavy (non-hydrogen) atoms. The van der Waals surface area contributed by atoms with Gasteiger partial charge in [0.25, 0.3) is 5.91 Å². The monoisotopic (exact) mass is 406 g/mol. The van der Waals surface area contributed by atoms with Crippen LogP contribution in [-0.2, 0) is 0 Å². The number of rotatable bonds is 5. The zero-order chi connectivity index (χ0) is 21.1. The van der Waals surface area contributed by atoms with Crippen LogP contribution >= 0.6 is 0 Å². The quantitative estimate of drug-likeness (QED) is 0.669. The molecule has 0 bridgehead atoms. The van der Waals surface area contributed by atoms with Gasteiger partial charge >= 0.3 is 0 Å². The number of halogens is 1. The maximum atomic E-state index is 13.8. The van der Waals surface area contributed by atoms with Gasteiger partial charge in [0, 0.05) is 12.6 Å². The molecule has 0 aliphatic carbocycles. The molecule has 3 aromatic carbocycles. The Balaban J connectivity index is 1.39. The van der Waals surface area contributed by atoms with Gasteiger partial charge < -0.3 is 19.7 Å². The lowest BCUT2D eigenvalue weighted by Gasteiger charge is -2.33. The van der Waals surface area contributed by atoms with Crippen molar-refractivity contribution in [3.8, 4) is 11.5 Å². The maximum absolute atomic E-state index is 13.8. The van der Waals surface area contributed by atoms with Crippen LogP contribution in [0.2, 0.25) is 0 Å². The zero-order valence-electron chi connectivity index (χ0n) is 16.9. The summed E-state index contributed by atoms with van der Waals surface area (Å²) in [4.78, 5) is 14.7. The number of benzene rings is 3. The van der Waals surface area contributed by atoms with Crippen LogP contribution in [0.3, 0.4) is 0 Å². The highest BCUT2D eigenvalue weighted by molar-refractivity contribution is 6.05. The van der Waals surface area contributed by atoms with E-state index in [1.807, 2.05) is 38.2 Å². The average Bonchev–Trinajstić information content (AvgIpc) is 2.74. The minimum absolute atomic E-state index is 0.103. The van der Waals surface area contributed by atoms with Gasteiger partial charge in [-0.2, -0.15) is 0 Å². The number of ether oxygens (including phenoxy) is 2. The number of amides is 1. The van der Waals surface area contributed by atoms with E-state index >= 15 is 0 Å². The van der Waals surface area contributed by atoms with Crippen LogP contribution in [-0.4, -0.2) is 32.2 Å². The molecule has 4 rings (SSSR count). The fraction of sp³-hybridized carbons (Fsp3) is 0.208. The largest absolute Gasteiger partial charge is 0.490 e. The fourth-order valence-electron chi connectivity index (χ4n) is 3.50. The second-order valence-electron chi connectivity index (χ2n) is 7.31. The van der Waals surface area contributed by atoms with Crippen molar-refractivity contribution in [1.29, 1.82) is 0 Å². The minimum Gasteiger partial charge on any atom is -0.490 e. The summed E-state index contributed by atoms with van der Waals surface area (Å²) < 4.78 is 25.7. The molecule has 0 aromatic heterocycles. The molecule has 6 heteroatoms. The topological polar surface area (TPSA) is 50.8 Å². The van der Waals surface area contributed by atoms with Crippen LogP contribution in [0.15, 0.2) is 66.7 Å². The summed E-state index contributed by atoms with van der Waals surface area (Å²) in [7, 11) is 2.03. The Morgan fingerprint density at radius 3 is 2.73 bits per heavy atom. The summed E-state index contributed by atoms with van der Waals surface area (Å²) in [5.41, 5.74) is 2.43. The molecule has 0 fully saturated rings. The van der Waals surface area contributed by atoms with Crippen LogP contribution in [0.5, 0.6) is 11.5 Å². The van der Waals surface area contributed by atoms with E-state index in [4.69, 9.17) is 9.47 Å². The predicted molar refractivity (Wildman–Crippen MR) is 115 cm³/mol. The van der Waals surface area contributed by atoms with Crippen molar-refractivity contribution in [1.82, 2.24) is 0 Å². The van der Waals surface area contributed by atoms with Crippen LogP contribution in [0.4, 0.5) is 15.8 Å². The number of nitrogens with zero attached hydrogens (tertiary/aromatic N) is 1. The first-order valence-corrected chi connectivity index (χ1v) is 9.77. The Hall–Kier alpha value is -3.54. The number of nitrogens with one attached hydrogen (secondary N) is 1. The van der Waals surface area contributed by atoms with E-state index in [2.05, 4.69) is 10.2 Å². The first-order chi connectivity index (χ1) is 14.5. The molecule has 3 aromatic rings. The van der Waals surface area contributed by atoms with E-state index < -0.39 is 5.82 Å². The molecule has 154 valence electrons. The van der Waals surface area contributed by atoms with Crippen molar-refractivity contribution >= 4 is 17.3 Å². The van der Waals surface area contributed by atoms with E-state index in [-0.39, 0.29) is 17.7 Å². The van der Waals surface area contributed by atoms with E-state index in [0.717, 1.165) is 23.5 Å². The lowest BCUT2D eigenvalue weighted by atomic mass is 10.1. The fourth-order valence-corrected chi connectivity index (χ4v) is 3.50. The lowest BCUT2D eigenvalue weighted by molar-refractivity contribution is 0.102. The maximum Gasteiger partial charge on any atom is 0.256 e. The third kappa shape index (κ3) is 4.22. The molecular formula is C24H23FN2O3. The molecule has 0 radical (unpaired) electrons. The number of para-hydroxylation sites is 3. The summed E-state index contributed by atoms with van der Waals surface area (Å²) in [5, 5.41) is 2.60. The highest BCUT2D eigenvalue weighted by Gasteiger charge is 2.23. The lowest BCUT2D eigenvalue weighted by Crippen LogP contribution is -2.41. The number of aryl methyl sites for hydroxylation is 1. The van der Waals surface area contributed by atoms with E-state index in [9.17, 15) is 9.18 Å². The van der Waals surface area contributed by atoms with Gasteiger partial charge in [-0.15, -0.1) is 0 Å². The van der Waals surface area contributed by atoms with Gasteiger partial charge in [-0.3, -0.25) is 4.79 Å². The average molecular weight is 406 g/mol. The third-order valence-electron chi connectivity index (χ3n) is 5.05. The first kappa shape index (κ1) is 19.8. The zero-order valence-corrected chi connectivity index (χ0v) is 16.9. The van der Waals surface area contributed by atoms with Crippen molar-refractivity contribution in [2.75, 3.05) is 30.4 Å². The van der Waals surface area contributed by atoms with Gasteiger partial charge in [-0.25, -0.2) is 4.39 Å². The van der Waals surface area contributed by atoms with Crippen LogP contribution in [0.25, 0.3) is 0 Å². The molecular weight excluding hydrogens is 383 g/mol. The molecule has 1 N–H and O–H groups in total. The molecule has 1 atom stereocenters. The van der Waals surface area contributed by atoms with Gasteiger partial charge in [0.05, 0.1) is 17.9 Å². The molecule has 1 aliphatic rings. The summed E-state index contributed by atoms with van der Waals surface area (Å²) >= 11 is 0. The molecule has 0 saturated carbocycles. The Kier molecular flexibility index (Phi) is 5.57. The SMILES string of the molecule is Cc1cc(OC[C@@H]2CN(C)c3ccccc3O2)ccc1C(=O)Nc1ccccc1F. The smallest absolute Gasteiger partial charge is 0.256 e. The van der Waals surface area contributed by atoms with Crippen molar-refractivity contribution in [2.45, 2.75) is 13.0 Å².